The fourth-order valence-corrected chi connectivity index (χ4v) is 4.01. The Labute approximate surface area is 121 Å². The topological polar surface area (TPSA) is 55.0 Å². The molecule has 2 aromatic rings. The quantitative estimate of drug-likeness (QED) is 0.922. The maximum atomic E-state index is 6.06. The van der Waals surface area contributed by atoms with Crippen LogP contribution in [0, 0.1) is 0 Å². The van der Waals surface area contributed by atoms with Crippen LogP contribution >= 0.6 is 23.3 Å². The van der Waals surface area contributed by atoms with Gasteiger partial charge in [0.2, 0.25) is 0 Å². The second-order valence-corrected chi connectivity index (χ2v) is 6.42. The third-order valence-electron chi connectivity index (χ3n) is 3.16. The summed E-state index contributed by atoms with van der Waals surface area (Å²) in [5, 5.41) is 1.19. The van der Waals surface area contributed by atoms with E-state index < -0.39 is 0 Å². The normalized spacial score (nSPS) is 16.3. The third-order valence-corrected chi connectivity index (χ3v) is 5.13. The first-order chi connectivity index (χ1) is 9.36. The second-order valence-electron chi connectivity index (χ2n) is 4.44. The van der Waals surface area contributed by atoms with Crippen LogP contribution in [0.3, 0.4) is 0 Å². The van der Waals surface area contributed by atoms with E-state index in [0.29, 0.717) is 5.82 Å². The lowest BCUT2D eigenvalue weighted by Gasteiger charge is -2.21. The van der Waals surface area contributed by atoms with Gasteiger partial charge >= 0.3 is 0 Å². The molecule has 0 aromatic carbocycles. The monoisotopic (exact) mass is 292 g/mol. The summed E-state index contributed by atoms with van der Waals surface area (Å²) >= 11 is 3.52. The first kappa shape index (κ1) is 12.7. The minimum absolute atomic E-state index is 0.616. The van der Waals surface area contributed by atoms with Crippen LogP contribution in [0.1, 0.15) is 6.42 Å². The molecule has 4 nitrogen and oxygen atoms in total. The number of nitrogens with zero attached hydrogens (tertiary/aromatic N) is 3. The van der Waals surface area contributed by atoms with Gasteiger partial charge in [-0.15, -0.1) is 0 Å². The largest absolute Gasteiger partial charge is 0.382 e. The number of hydrogen-bond donors (Lipinski definition) is 1. The molecule has 3 rings (SSSR count). The molecule has 19 heavy (non-hydrogen) atoms. The van der Waals surface area contributed by atoms with Crippen molar-refractivity contribution in [2.75, 3.05) is 35.2 Å². The van der Waals surface area contributed by atoms with Crippen LogP contribution in [0.15, 0.2) is 24.5 Å². The van der Waals surface area contributed by atoms with Crippen LogP contribution in [0.4, 0.5) is 10.8 Å². The average Bonchev–Trinajstić information content (AvgIpc) is 2.67. The molecule has 0 bridgehead atoms. The summed E-state index contributed by atoms with van der Waals surface area (Å²) in [5.74, 6) is 3.03. The SMILES string of the molecule is Nc1nsc(N2CCCSCC2)c1-c1cccnc1. The predicted octanol–water partition coefficient (Wildman–Crippen LogP) is 2.73. The molecule has 0 spiro atoms. The van der Waals surface area contributed by atoms with Gasteiger partial charge in [0.15, 0.2) is 0 Å². The molecule has 0 radical (unpaired) electrons. The summed E-state index contributed by atoms with van der Waals surface area (Å²) in [7, 11) is 0. The number of hydrogen-bond acceptors (Lipinski definition) is 6. The van der Waals surface area contributed by atoms with Gasteiger partial charge in [-0.25, -0.2) is 0 Å². The second kappa shape index (κ2) is 5.79. The molecular weight excluding hydrogens is 276 g/mol. The molecule has 6 heteroatoms. The first-order valence-corrected chi connectivity index (χ1v) is 8.27. The van der Waals surface area contributed by atoms with Gasteiger partial charge in [0.1, 0.15) is 10.8 Å². The van der Waals surface area contributed by atoms with Crippen LogP contribution in [-0.4, -0.2) is 34.0 Å². The minimum Gasteiger partial charge on any atom is -0.382 e. The Kier molecular flexibility index (Phi) is 3.89. The fraction of sp³-hybridized carbons (Fsp3) is 0.385. The molecule has 1 aliphatic rings. The lowest BCUT2D eigenvalue weighted by atomic mass is 10.1. The summed E-state index contributed by atoms with van der Waals surface area (Å²) in [6, 6.07) is 3.98. The van der Waals surface area contributed by atoms with E-state index in [1.807, 2.05) is 30.1 Å². The Bertz CT molecular complexity index is 533. The summed E-state index contributed by atoms with van der Waals surface area (Å²) < 4.78 is 4.34. The van der Waals surface area contributed by atoms with E-state index >= 15 is 0 Å². The van der Waals surface area contributed by atoms with Gasteiger partial charge in [0, 0.05) is 36.8 Å². The van der Waals surface area contributed by atoms with Crippen molar-refractivity contribution >= 4 is 34.1 Å². The highest BCUT2D eigenvalue weighted by molar-refractivity contribution is 7.99. The zero-order valence-corrected chi connectivity index (χ0v) is 12.2. The van der Waals surface area contributed by atoms with E-state index in [9.17, 15) is 0 Å². The zero-order chi connectivity index (χ0) is 13.1. The molecule has 1 fully saturated rings. The molecule has 0 saturated carbocycles. The first-order valence-electron chi connectivity index (χ1n) is 6.34. The Morgan fingerprint density at radius 2 is 2.21 bits per heavy atom. The third kappa shape index (κ3) is 2.69. The molecular formula is C13H16N4S2. The highest BCUT2D eigenvalue weighted by Gasteiger charge is 2.20. The molecule has 100 valence electrons. The smallest absolute Gasteiger partial charge is 0.147 e. The molecule has 2 aromatic heterocycles. The maximum Gasteiger partial charge on any atom is 0.147 e. The van der Waals surface area contributed by atoms with Crippen molar-refractivity contribution in [2.24, 2.45) is 0 Å². The highest BCUT2D eigenvalue weighted by atomic mass is 32.2. The molecule has 0 atom stereocenters. The molecule has 0 amide bonds. The number of thioether (sulfide) groups is 1. The number of nitrogen functional groups attached to an aromatic ring is 1. The van der Waals surface area contributed by atoms with Crippen molar-refractivity contribution in [3.63, 3.8) is 0 Å². The number of rotatable bonds is 2. The summed E-state index contributed by atoms with van der Waals surface area (Å²) in [6.45, 7) is 2.15. The van der Waals surface area contributed by atoms with Crippen molar-refractivity contribution in [3.05, 3.63) is 24.5 Å². The Hall–Kier alpha value is -1.27. The lowest BCUT2D eigenvalue weighted by molar-refractivity contribution is 0.824. The van der Waals surface area contributed by atoms with E-state index in [1.54, 1.807) is 6.20 Å². The molecule has 0 aliphatic carbocycles. The molecule has 1 saturated heterocycles. The van der Waals surface area contributed by atoms with Crippen molar-refractivity contribution < 1.29 is 0 Å². The van der Waals surface area contributed by atoms with E-state index in [-0.39, 0.29) is 0 Å². The summed E-state index contributed by atoms with van der Waals surface area (Å²) in [6.07, 6.45) is 4.85. The van der Waals surface area contributed by atoms with Gasteiger partial charge in [-0.3, -0.25) is 4.98 Å². The lowest BCUT2D eigenvalue weighted by Crippen LogP contribution is -2.25. The Balaban J connectivity index is 1.98. The van der Waals surface area contributed by atoms with Gasteiger partial charge in [-0.2, -0.15) is 16.1 Å². The highest BCUT2D eigenvalue weighted by Crippen LogP contribution is 2.39. The summed E-state index contributed by atoms with van der Waals surface area (Å²) in [5.41, 5.74) is 8.16. The maximum absolute atomic E-state index is 6.06. The van der Waals surface area contributed by atoms with Crippen LogP contribution < -0.4 is 10.6 Å². The Morgan fingerprint density at radius 1 is 1.26 bits per heavy atom. The fourth-order valence-electron chi connectivity index (χ4n) is 2.24. The van der Waals surface area contributed by atoms with Crippen molar-refractivity contribution in [1.82, 2.24) is 9.36 Å². The van der Waals surface area contributed by atoms with Gasteiger partial charge in [0.25, 0.3) is 0 Å². The number of anilines is 2. The average molecular weight is 292 g/mol. The van der Waals surface area contributed by atoms with Crippen LogP contribution in [0.2, 0.25) is 0 Å². The standard InChI is InChI=1S/C13H16N4S2/c14-12-11(10-3-1-4-15-9-10)13(19-16-12)17-5-2-7-18-8-6-17/h1,3-4,9H,2,5-8H2,(H2,14,16). The molecule has 2 N–H and O–H groups in total. The molecule has 1 aliphatic heterocycles. The van der Waals surface area contributed by atoms with Crippen molar-refractivity contribution in [1.29, 1.82) is 0 Å². The minimum atomic E-state index is 0.616. The number of nitrogens with two attached hydrogens (primary N) is 1. The zero-order valence-electron chi connectivity index (χ0n) is 10.6. The van der Waals surface area contributed by atoms with Crippen LogP contribution in [0.5, 0.6) is 0 Å². The van der Waals surface area contributed by atoms with Crippen molar-refractivity contribution in [3.8, 4) is 11.1 Å². The van der Waals surface area contributed by atoms with E-state index in [1.165, 1.54) is 34.5 Å². The molecule has 3 heterocycles. The predicted molar refractivity (Wildman–Crippen MR) is 83.9 cm³/mol. The van der Waals surface area contributed by atoms with Crippen LogP contribution in [0.25, 0.3) is 11.1 Å². The number of pyridine rings is 1. The van der Waals surface area contributed by atoms with E-state index in [0.717, 1.165) is 24.2 Å². The Morgan fingerprint density at radius 3 is 3.05 bits per heavy atom. The molecule has 0 unspecified atom stereocenters. The van der Waals surface area contributed by atoms with Gasteiger partial charge < -0.3 is 10.6 Å². The van der Waals surface area contributed by atoms with E-state index in [4.69, 9.17) is 5.73 Å². The van der Waals surface area contributed by atoms with E-state index in [2.05, 4.69) is 14.3 Å². The number of aromatic nitrogens is 2. The van der Waals surface area contributed by atoms with Crippen LogP contribution in [-0.2, 0) is 0 Å². The van der Waals surface area contributed by atoms with Gasteiger partial charge in [-0.1, -0.05) is 6.07 Å². The summed E-state index contributed by atoms with van der Waals surface area (Å²) in [4.78, 5) is 6.60. The van der Waals surface area contributed by atoms with Gasteiger partial charge in [-0.05, 0) is 29.8 Å². The van der Waals surface area contributed by atoms with Crippen molar-refractivity contribution in [2.45, 2.75) is 6.42 Å². The van der Waals surface area contributed by atoms with Gasteiger partial charge in [0.05, 0.1) is 5.56 Å².